The molecule has 6 nitrogen and oxygen atoms in total. The summed E-state index contributed by atoms with van der Waals surface area (Å²) < 4.78 is 1.81. The second kappa shape index (κ2) is 5.92. The van der Waals surface area contributed by atoms with E-state index in [4.69, 9.17) is 0 Å². The summed E-state index contributed by atoms with van der Waals surface area (Å²) in [7, 11) is 1.91. The summed E-state index contributed by atoms with van der Waals surface area (Å²) in [5, 5.41) is 15.5. The molecule has 0 spiro atoms. The Morgan fingerprint density at radius 2 is 2.50 bits per heavy atom. The predicted molar refractivity (Wildman–Crippen MR) is 63.4 cm³/mol. The van der Waals surface area contributed by atoms with Crippen LogP contribution in [-0.4, -0.2) is 38.8 Å². The number of tetrazole rings is 1. The number of nitrogens with zero attached hydrogens (tertiary/aromatic N) is 5. The highest BCUT2D eigenvalue weighted by Gasteiger charge is 2.06. The minimum absolute atomic E-state index is 0.786. The van der Waals surface area contributed by atoms with Crippen molar-refractivity contribution in [2.75, 3.05) is 13.6 Å². The number of likely N-dealkylation sites (N-methyl/N-ethyl adjacent to an activating group) is 1. The molecular formula is C8H12N6S2. The molecule has 2 heterocycles. The first-order valence-corrected chi connectivity index (χ1v) is 6.67. The maximum absolute atomic E-state index is 4.03. The summed E-state index contributed by atoms with van der Waals surface area (Å²) in [6.45, 7) is 1.65. The van der Waals surface area contributed by atoms with Crippen molar-refractivity contribution in [3.63, 3.8) is 0 Å². The topological polar surface area (TPSA) is 68.5 Å². The summed E-state index contributed by atoms with van der Waals surface area (Å²) >= 11 is 3.28. The minimum Gasteiger partial charge on any atom is -0.318 e. The maximum atomic E-state index is 4.03. The first-order valence-electron chi connectivity index (χ1n) is 4.81. The van der Waals surface area contributed by atoms with Crippen LogP contribution in [-0.2, 0) is 12.3 Å². The molecule has 86 valence electrons. The molecule has 2 rings (SSSR count). The molecule has 0 amide bonds. The molecule has 0 aromatic carbocycles. The smallest absolute Gasteiger partial charge is 0.209 e. The average Bonchev–Trinajstić information content (AvgIpc) is 2.94. The Morgan fingerprint density at radius 3 is 3.25 bits per heavy atom. The number of nitrogens with one attached hydrogen (secondary N) is 1. The first kappa shape index (κ1) is 11.5. The van der Waals surface area contributed by atoms with Gasteiger partial charge in [-0.05, 0) is 17.5 Å². The van der Waals surface area contributed by atoms with Gasteiger partial charge >= 0.3 is 0 Å². The summed E-state index contributed by atoms with van der Waals surface area (Å²) in [5.41, 5.74) is 1.83. The Hall–Kier alpha value is -0.990. The first-order chi connectivity index (χ1) is 7.90. The predicted octanol–water partition coefficient (Wildman–Crippen LogP) is 0.641. The lowest BCUT2D eigenvalue weighted by molar-refractivity contribution is 0.530. The van der Waals surface area contributed by atoms with Gasteiger partial charge in [-0.2, -0.15) is 0 Å². The van der Waals surface area contributed by atoms with E-state index < -0.39 is 0 Å². The lowest BCUT2D eigenvalue weighted by Crippen LogP contribution is -2.16. The van der Waals surface area contributed by atoms with Crippen LogP contribution in [0, 0.1) is 0 Å². The van der Waals surface area contributed by atoms with Crippen LogP contribution in [0.2, 0.25) is 0 Å². The van der Waals surface area contributed by atoms with Crippen LogP contribution in [0.3, 0.4) is 0 Å². The van der Waals surface area contributed by atoms with E-state index in [0.29, 0.717) is 0 Å². The third kappa shape index (κ3) is 3.00. The normalized spacial score (nSPS) is 10.8. The number of thiazole rings is 1. The van der Waals surface area contributed by atoms with E-state index in [1.54, 1.807) is 23.1 Å². The molecule has 0 saturated heterocycles. The summed E-state index contributed by atoms with van der Waals surface area (Å²) in [6.07, 6.45) is 1.87. The third-order valence-corrected chi connectivity index (χ3v) is 3.87. The van der Waals surface area contributed by atoms with Crippen molar-refractivity contribution in [2.24, 2.45) is 0 Å². The lowest BCUT2D eigenvalue weighted by atomic mass is 10.6. The number of aromatic nitrogens is 5. The van der Waals surface area contributed by atoms with Gasteiger partial charge in [-0.25, -0.2) is 4.68 Å². The molecule has 1 N–H and O–H groups in total. The van der Waals surface area contributed by atoms with Gasteiger partial charge in [0.05, 0.1) is 12.1 Å². The van der Waals surface area contributed by atoms with Gasteiger partial charge < -0.3 is 5.32 Å². The van der Waals surface area contributed by atoms with Crippen molar-refractivity contribution in [3.05, 3.63) is 16.6 Å². The van der Waals surface area contributed by atoms with Crippen molar-refractivity contribution < 1.29 is 0 Å². The van der Waals surface area contributed by atoms with Crippen LogP contribution in [0.15, 0.2) is 16.9 Å². The molecule has 2 aromatic rings. The van der Waals surface area contributed by atoms with E-state index in [2.05, 4.69) is 25.8 Å². The largest absolute Gasteiger partial charge is 0.318 e. The van der Waals surface area contributed by atoms with Crippen LogP contribution in [0.4, 0.5) is 0 Å². The number of rotatable bonds is 6. The van der Waals surface area contributed by atoms with Gasteiger partial charge in [-0.3, -0.25) is 4.98 Å². The molecule has 0 atom stereocenters. The average molecular weight is 256 g/mol. The van der Waals surface area contributed by atoms with Gasteiger partial charge in [0, 0.05) is 23.4 Å². The zero-order valence-corrected chi connectivity index (χ0v) is 10.5. The lowest BCUT2D eigenvalue weighted by Gasteiger charge is -2.02. The van der Waals surface area contributed by atoms with Crippen molar-refractivity contribution in [1.29, 1.82) is 0 Å². The van der Waals surface area contributed by atoms with Gasteiger partial charge in [-0.1, -0.05) is 11.8 Å². The molecule has 8 heteroatoms. The molecular weight excluding hydrogens is 244 g/mol. The molecule has 0 unspecified atom stereocenters. The molecule has 0 aliphatic carbocycles. The fourth-order valence-corrected chi connectivity index (χ4v) is 2.65. The molecule has 2 aromatic heterocycles. The van der Waals surface area contributed by atoms with Crippen molar-refractivity contribution in [1.82, 2.24) is 30.5 Å². The third-order valence-electron chi connectivity index (χ3n) is 1.90. The molecule has 0 saturated carbocycles. The molecule has 0 aliphatic heterocycles. The van der Waals surface area contributed by atoms with E-state index in [9.17, 15) is 0 Å². The molecule has 0 aliphatic rings. The molecule has 0 radical (unpaired) electrons. The van der Waals surface area contributed by atoms with Crippen LogP contribution >= 0.6 is 23.1 Å². The SMILES string of the molecule is CNCCn1nnnc1SCc1cncs1. The number of thioether (sulfide) groups is 1. The molecule has 0 fully saturated rings. The van der Waals surface area contributed by atoms with E-state index in [1.807, 2.05) is 23.4 Å². The zero-order valence-electron chi connectivity index (χ0n) is 8.83. The number of hydrogen-bond donors (Lipinski definition) is 1. The van der Waals surface area contributed by atoms with Gasteiger partial charge in [0.2, 0.25) is 5.16 Å². The monoisotopic (exact) mass is 256 g/mol. The van der Waals surface area contributed by atoms with Gasteiger partial charge in [-0.15, -0.1) is 16.4 Å². The number of hydrogen-bond acceptors (Lipinski definition) is 7. The van der Waals surface area contributed by atoms with Gasteiger partial charge in [0.15, 0.2) is 0 Å². The summed E-state index contributed by atoms with van der Waals surface area (Å²) in [4.78, 5) is 5.26. The molecule has 0 bridgehead atoms. The van der Waals surface area contributed by atoms with E-state index >= 15 is 0 Å². The second-order valence-electron chi connectivity index (χ2n) is 3.04. The van der Waals surface area contributed by atoms with Gasteiger partial charge in [0.1, 0.15) is 0 Å². The van der Waals surface area contributed by atoms with Crippen LogP contribution < -0.4 is 5.32 Å². The molecule has 16 heavy (non-hydrogen) atoms. The van der Waals surface area contributed by atoms with E-state index in [1.165, 1.54) is 4.88 Å². The van der Waals surface area contributed by atoms with E-state index in [0.717, 1.165) is 24.0 Å². The standard InChI is InChI=1S/C8H12N6S2/c1-9-2-3-14-8(11-12-13-14)15-5-7-4-10-6-16-7/h4,6,9H,2-3,5H2,1H3. The van der Waals surface area contributed by atoms with Crippen LogP contribution in [0.1, 0.15) is 4.88 Å². The summed E-state index contributed by atoms with van der Waals surface area (Å²) in [5.74, 6) is 0.866. The van der Waals surface area contributed by atoms with Crippen molar-refractivity contribution in [3.8, 4) is 0 Å². The highest BCUT2D eigenvalue weighted by atomic mass is 32.2. The van der Waals surface area contributed by atoms with Crippen LogP contribution in [0.5, 0.6) is 0 Å². The minimum atomic E-state index is 0.786. The quantitative estimate of drug-likeness (QED) is 0.765. The Kier molecular flexibility index (Phi) is 4.25. The Bertz CT molecular complexity index is 412. The maximum Gasteiger partial charge on any atom is 0.209 e. The van der Waals surface area contributed by atoms with Gasteiger partial charge in [0.25, 0.3) is 0 Å². The highest BCUT2D eigenvalue weighted by molar-refractivity contribution is 7.98. The van der Waals surface area contributed by atoms with Crippen molar-refractivity contribution in [2.45, 2.75) is 17.5 Å². The second-order valence-corrected chi connectivity index (χ2v) is 4.96. The Labute approximate surface area is 101 Å². The summed E-state index contributed by atoms with van der Waals surface area (Å²) in [6, 6.07) is 0. The van der Waals surface area contributed by atoms with Crippen LogP contribution in [0.25, 0.3) is 0 Å². The zero-order chi connectivity index (χ0) is 11.2. The Balaban J connectivity index is 1.91. The van der Waals surface area contributed by atoms with E-state index in [-0.39, 0.29) is 0 Å². The van der Waals surface area contributed by atoms with Crippen molar-refractivity contribution >= 4 is 23.1 Å². The fraction of sp³-hybridized carbons (Fsp3) is 0.500. The Morgan fingerprint density at radius 1 is 1.56 bits per heavy atom. The fourth-order valence-electron chi connectivity index (χ4n) is 1.11. The highest BCUT2D eigenvalue weighted by Crippen LogP contribution is 2.21.